The highest BCUT2D eigenvalue weighted by molar-refractivity contribution is 7.47. The fraction of sp³-hybridized carbons (Fsp3) is 0.809. The highest BCUT2D eigenvalue weighted by Gasteiger charge is 2.27. The van der Waals surface area contributed by atoms with E-state index >= 15 is 0 Å². The van der Waals surface area contributed by atoms with Gasteiger partial charge in [0.15, 0.2) is 6.10 Å². The number of ether oxygens (including phenoxy) is 2. The zero-order valence-corrected chi connectivity index (χ0v) is 70.4. The van der Waals surface area contributed by atoms with Gasteiger partial charge in [0.1, 0.15) is 19.8 Å². The van der Waals surface area contributed by atoms with Crippen molar-refractivity contribution in [3.63, 3.8) is 0 Å². The van der Waals surface area contributed by atoms with Gasteiger partial charge in [-0.15, -0.1) is 0 Å². The van der Waals surface area contributed by atoms with Crippen molar-refractivity contribution >= 4 is 19.8 Å². The average molecular weight is 1480 g/mol. The number of carbonyl (C=O) groups is 2. The van der Waals surface area contributed by atoms with E-state index in [9.17, 15) is 19.0 Å². The monoisotopic (exact) mass is 1480 g/mol. The van der Waals surface area contributed by atoms with Crippen LogP contribution < -0.4 is 0 Å². The molecule has 0 saturated heterocycles. The van der Waals surface area contributed by atoms with Gasteiger partial charge in [-0.25, -0.2) is 4.57 Å². The van der Waals surface area contributed by atoms with Crippen molar-refractivity contribution in [2.75, 3.05) is 47.5 Å². The van der Waals surface area contributed by atoms with E-state index in [4.69, 9.17) is 18.5 Å². The number of nitrogens with zero attached hydrogens (tertiary/aromatic N) is 1. The number of hydrogen-bond acceptors (Lipinski definition) is 7. The molecule has 104 heavy (non-hydrogen) atoms. The third-order valence-corrected chi connectivity index (χ3v) is 21.1. The zero-order chi connectivity index (χ0) is 75.4. The lowest BCUT2D eigenvalue weighted by Gasteiger charge is -2.24. The van der Waals surface area contributed by atoms with Crippen LogP contribution in [0.5, 0.6) is 0 Å². The normalized spacial score (nSPS) is 13.4. The molecule has 0 aliphatic rings. The van der Waals surface area contributed by atoms with Gasteiger partial charge in [0, 0.05) is 12.8 Å². The molecule has 0 saturated carbocycles. The Kier molecular flexibility index (Phi) is 81.5. The Morgan fingerprint density at radius 3 is 0.817 bits per heavy atom. The maximum atomic E-state index is 13.0. The summed E-state index contributed by atoms with van der Waals surface area (Å²) in [6.07, 6.45) is 119. The van der Waals surface area contributed by atoms with Crippen molar-refractivity contribution in [1.82, 2.24) is 0 Å². The summed E-state index contributed by atoms with van der Waals surface area (Å²) in [7, 11) is 1.50. The maximum absolute atomic E-state index is 13.0. The number of phosphoric ester groups is 1. The number of likely N-dealkylation sites (N-methyl/N-ethyl adjacent to an activating group) is 1. The quantitative estimate of drug-likeness (QED) is 0.0211. The van der Waals surface area contributed by atoms with Crippen LogP contribution in [0.15, 0.2) is 97.2 Å². The minimum Gasteiger partial charge on any atom is -0.462 e. The van der Waals surface area contributed by atoms with E-state index in [1.807, 2.05) is 21.1 Å². The summed E-state index contributed by atoms with van der Waals surface area (Å²) in [5, 5.41) is 0. The van der Waals surface area contributed by atoms with E-state index in [0.29, 0.717) is 23.9 Å². The molecule has 9 nitrogen and oxygen atoms in total. The molecular weight excluding hydrogens is 1300 g/mol. The first-order valence-corrected chi connectivity index (χ1v) is 46.5. The molecule has 1 N–H and O–H groups in total. The zero-order valence-electron chi connectivity index (χ0n) is 69.5. The van der Waals surface area contributed by atoms with E-state index in [1.165, 1.54) is 327 Å². The number of unbranched alkanes of at least 4 members (excludes halogenated alkanes) is 54. The van der Waals surface area contributed by atoms with Gasteiger partial charge in [0.25, 0.3) is 0 Å². The van der Waals surface area contributed by atoms with Crippen LogP contribution in [-0.4, -0.2) is 74.9 Å². The molecule has 0 spiro atoms. The van der Waals surface area contributed by atoms with E-state index in [1.54, 1.807) is 0 Å². The van der Waals surface area contributed by atoms with Crippen molar-refractivity contribution in [1.29, 1.82) is 0 Å². The number of rotatable bonds is 84. The van der Waals surface area contributed by atoms with Crippen LogP contribution in [0.3, 0.4) is 0 Å². The molecule has 0 aliphatic heterocycles. The number of allylic oxidation sites excluding steroid dienone is 16. The lowest BCUT2D eigenvalue weighted by Crippen LogP contribution is -2.37. The molecule has 0 heterocycles. The van der Waals surface area contributed by atoms with Gasteiger partial charge in [-0.1, -0.05) is 426 Å². The van der Waals surface area contributed by atoms with Crippen molar-refractivity contribution in [2.24, 2.45) is 0 Å². The van der Waals surface area contributed by atoms with Crippen LogP contribution in [0.4, 0.5) is 0 Å². The van der Waals surface area contributed by atoms with Crippen LogP contribution in [0.2, 0.25) is 0 Å². The van der Waals surface area contributed by atoms with Crippen LogP contribution >= 0.6 is 7.82 Å². The van der Waals surface area contributed by atoms with Gasteiger partial charge in [0.2, 0.25) is 0 Å². The maximum Gasteiger partial charge on any atom is 0.472 e. The summed E-state index contributed by atoms with van der Waals surface area (Å²) in [5.74, 6) is -0.774. The largest absolute Gasteiger partial charge is 0.472 e. The number of carbonyl (C=O) groups excluding carboxylic acids is 2. The Labute approximate surface area is 646 Å². The first kappa shape index (κ1) is 101. The highest BCUT2D eigenvalue weighted by atomic mass is 31.2. The Bertz CT molecular complexity index is 2080. The van der Waals surface area contributed by atoms with E-state index in [2.05, 4.69) is 111 Å². The third kappa shape index (κ3) is 87.8. The molecule has 0 aromatic heterocycles. The van der Waals surface area contributed by atoms with Crippen LogP contribution in [-0.2, 0) is 32.7 Å². The Hall–Kier alpha value is -3.07. The van der Waals surface area contributed by atoms with Crippen molar-refractivity contribution in [2.45, 2.75) is 444 Å². The van der Waals surface area contributed by atoms with Gasteiger partial charge in [0.05, 0.1) is 27.7 Å². The summed E-state index contributed by atoms with van der Waals surface area (Å²) in [6.45, 7) is 4.37. The SMILES string of the molecule is CC/C=C\C/C=C\C/C=C\C/C=C\C/C=C\CCCCCCCCCCCCCCCCCCCCCCCCCC(=O)OC(COC(=O)CCCCCCCCCCCCCCCCCCCCCCCCCCCC/C=C\C/C=C\C/C=C\CCCCCCC)COP(=O)(O)OCC[N+](C)(C)C. The van der Waals surface area contributed by atoms with Crippen LogP contribution in [0.1, 0.15) is 438 Å². The molecule has 2 unspecified atom stereocenters. The first-order valence-electron chi connectivity index (χ1n) is 45.0. The topological polar surface area (TPSA) is 108 Å². The standard InChI is InChI=1S/C94H172NO8P/c1-6-8-10-12-14-16-18-20-22-24-26-28-30-32-34-36-38-40-42-44-46-47-49-50-52-54-56-58-60-62-64-66-68-70-72-74-76-78-80-82-84-86-93(96)100-90-92(91-102-104(98,99)101-89-88-95(3,4)5)103-94(97)87-85-83-81-79-77-75-73-71-69-67-65-63-61-59-57-55-53-51-48-45-43-41-39-37-35-33-31-29-27-25-23-21-19-17-15-13-11-9-7-2/h9,11,15,17-18,20-21,23-24,26-27,29-30,32-33,35,92H,6-8,10,12-14,16,19,22,25,28,31,34,36-91H2,1-5H3/p+1/b11-9-,17-15-,20-18-,23-21-,26-24-,29-27-,32-30-,35-33-. The van der Waals surface area contributed by atoms with Gasteiger partial charge in [-0.2, -0.15) is 0 Å². The minimum absolute atomic E-state index is 0.0331. The first-order chi connectivity index (χ1) is 51.0. The molecule has 0 bridgehead atoms. The van der Waals surface area contributed by atoms with E-state index in [0.717, 1.165) is 77.0 Å². The fourth-order valence-corrected chi connectivity index (χ4v) is 14.0. The van der Waals surface area contributed by atoms with Gasteiger partial charge in [-0.3, -0.25) is 18.6 Å². The van der Waals surface area contributed by atoms with Gasteiger partial charge < -0.3 is 18.9 Å². The van der Waals surface area contributed by atoms with Crippen molar-refractivity contribution < 1.29 is 42.1 Å². The van der Waals surface area contributed by atoms with Crippen LogP contribution in [0, 0.1) is 0 Å². The number of quaternary nitrogens is 1. The summed E-state index contributed by atoms with van der Waals surface area (Å²) in [5.41, 5.74) is 0. The van der Waals surface area contributed by atoms with Crippen molar-refractivity contribution in [3.05, 3.63) is 97.2 Å². The van der Waals surface area contributed by atoms with Crippen molar-refractivity contribution in [3.8, 4) is 0 Å². The Balaban J connectivity index is 3.86. The molecule has 2 atom stereocenters. The Morgan fingerprint density at radius 1 is 0.308 bits per heavy atom. The predicted octanol–water partition coefficient (Wildman–Crippen LogP) is 30.5. The van der Waals surface area contributed by atoms with E-state index < -0.39 is 26.5 Å². The second-order valence-corrected chi connectivity index (χ2v) is 33.1. The Morgan fingerprint density at radius 2 is 0.548 bits per heavy atom. The minimum atomic E-state index is -4.40. The summed E-state index contributed by atoms with van der Waals surface area (Å²) < 4.78 is 34.9. The number of esters is 2. The molecule has 0 aliphatic carbocycles. The molecule has 10 heteroatoms. The summed E-state index contributed by atoms with van der Waals surface area (Å²) in [6, 6.07) is 0. The summed E-state index contributed by atoms with van der Waals surface area (Å²) >= 11 is 0. The molecule has 0 fully saturated rings. The van der Waals surface area contributed by atoms with Gasteiger partial charge >= 0.3 is 19.8 Å². The lowest BCUT2D eigenvalue weighted by atomic mass is 10.0. The second kappa shape index (κ2) is 84.0. The second-order valence-electron chi connectivity index (χ2n) is 31.6. The predicted molar refractivity (Wildman–Crippen MR) is 455 cm³/mol. The molecule has 0 aromatic carbocycles. The molecule has 606 valence electrons. The molecule has 0 aromatic rings. The number of hydrogen-bond donors (Lipinski definition) is 1. The fourth-order valence-electron chi connectivity index (χ4n) is 13.3. The molecule has 0 radical (unpaired) electrons. The third-order valence-electron chi connectivity index (χ3n) is 20.1. The number of phosphoric acid groups is 1. The van der Waals surface area contributed by atoms with E-state index in [-0.39, 0.29) is 25.6 Å². The van der Waals surface area contributed by atoms with Crippen LogP contribution in [0.25, 0.3) is 0 Å². The molecular formula is C94H173NO8P+. The lowest BCUT2D eigenvalue weighted by molar-refractivity contribution is -0.870. The molecule has 0 rings (SSSR count). The molecule has 0 amide bonds. The highest BCUT2D eigenvalue weighted by Crippen LogP contribution is 2.43. The van der Waals surface area contributed by atoms with Gasteiger partial charge in [-0.05, 0) is 96.3 Å². The summed E-state index contributed by atoms with van der Waals surface area (Å²) in [4.78, 5) is 36.1. The average Bonchev–Trinajstić information content (AvgIpc) is 0.915. The smallest absolute Gasteiger partial charge is 0.462 e.